The van der Waals surface area contributed by atoms with Crippen LogP contribution in [0, 0.1) is 5.82 Å². The van der Waals surface area contributed by atoms with Crippen molar-refractivity contribution in [2.45, 2.75) is 43.8 Å². The molecule has 1 rings (SSSR count). The van der Waals surface area contributed by atoms with Crippen molar-refractivity contribution in [2.24, 2.45) is 0 Å². The monoisotopic (exact) mass is 391 g/mol. The number of ether oxygens (including phenoxy) is 1. The summed E-state index contributed by atoms with van der Waals surface area (Å²) in [6.45, 7) is 5.64. The summed E-state index contributed by atoms with van der Waals surface area (Å²) < 4.78 is 19.4. The number of hydrogen-bond donors (Lipinski definition) is 1. The first kappa shape index (κ1) is 19.0. The molecule has 1 atom stereocenters. The highest BCUT2D eigenvalue weighted by molar-refractivity contribution is 9.10. The number of amides is 1. The topological polar surface area (TPSA) is 55.4 Å². The van der Waals surface area contributed by atoms with Gasteiger partial charge < -0.3 is 10.1 Å². The van der Waals surface area contributed by atoms with Crippen LogP contribution in [0.3, 0.4) is 0 Å². The number of benzene rings is 1. The molecule has 1 unspecified atom stereocenters. The number of carbonyl (C=O) groups is 2. The van der Waals surface area contributed by atoms with Crippen molar-refractivity contribution >= 4 is 45.3 Å². The van der Waals surface area contributed by atoms with Crippen LogP contribution in [0.5, 0.6) is 0 Å². The Hall–Kier alpha value is -1.08. The lowest BCUT2D eigenvalue weighted by atomic mass is 10.2. The van der Waals surface area contributed by atoms with Gasteiger partial charge in [0.25, 0.3) is 0 Å². The second kappa shape index (κ2) is 9.15. The van der Waals surface area contributed by atoms with Gasteiger partial charge in [0, 0.05) is 15.8 Å². The minimum absolute atomic E-state index is 0.111. The Labute approximate surface area is 142 Å². The molecule has 0 saturated heterocycles. The fourth-order valence-electron chi connectivity index (χ4n) is 1.65. The quantitative estimate of drug-likeness (QED) is 0.553. The molecule has 0 aliphatic rings. The van der Waals surface area contributed by atoms with Gasteiger partial charge in [-0.15, -0.1) is 11.8 Å². The highest BCUT2D eigenvalue weighted by Crippen LogP contribution is 2.35. The molecule has 0 aliphatic carbocycles. The molecule has 0 saturated carbocycles. The van der Waals surface area contributed by atoms with E-state index in [0.717, 1.165) is 0 Å². The van der Waals surface area contributed by atoms with E-state index in [4.69, 9.17) is 4.74 Å². The fraction of sp³-hybridized carbons (Fsp3) is 0.467. The van der Waals surface area contributed by atoms with Crippen molar-refractivity contribution in [1.29, 1.82) is 0 Å². The Morgan fingerprint density at radius 1 is 1.41 bits per heavy atom. The van der Waals surface area contributed by atoms with Crippen molar-refractivity contribution < 1.29 is 18.7 Å². The van der Waals surface area contributed by atoms with Crippen molar-refractivity contribution in [3.63, 3.8) is 0 Å². The summed E-state index contributed by atoms with van der Waals surface area (Å²) in [5.41, 5.74) is 0.111. The molecule has 4 nitrogen and oxygen atoms in total. The zero-order valence-electron chi connectivity index (χ0n) is 12.7. The van der Waals surface area contributed by atoms with Crippen molar-refractivity contribution in [1.82, 2.24) is 0 Å². The summed E-state index contributed by atoms with van der Waals surface area (Å²) in [4.78, 5) is 23.9. The van der Waals surface area contributed by atoms with Gasteiger partial charge in [-0.25, -0.2) is 4.39 Å². The van der Waals surface area contributed by atoms with E-state index in [1.54, 1.807) is 13.8 Å². The molecule has 1 aromatic rings. The SMILES string of the molecule is CCCC(=O)Nc1cc(SC(C)C(=O)OCC)c(Br)cc1F. The van der Waals surface area contributed by atoms with Gasteiger partial charge in [-0.05, 0) is 48.3 Å². The fourth-order valence-corrected chi connectivity index (χ4v) is 3.15. The van der Waals surface area contributed by atoms with Gasteiger partial charge in [0.1, 0.15) is 11.1 Å². The van der Waals surface area contributed by atoms with E-state index >= 15 is 0 Å². The van der Waals surface area contributed by atoms with Crippen LogP contribution in [-0.4, -0.2) is 23.7 Å². The van der Waals surface area contributed by atoms with Crippen molar-refractivity contribution in [2.75, 3.05) is 11.9 Å². The number of nitrogens with one attached hydrogen (secondary N) is 1. The Bertz CT molecular complexity index is 554. The van der Waals surface area contributed by atoms with Gasteiger partial charge in [0.05, 0.1) is 12.3 Å². The Balaban J connectivity index is 2.91. The standard InChI is InChI=1S/C15H19BrFNO3S/c1-4-6-14(19)18-12-8-13(10(16)7-11(12)17)22-9(3)15(20)21-5-2/h7-9H,4-6H2,1-3H3,(H,18,19). The molecule has 1 aromatic carbocycles. The molecule has 0 fully saturated rings. The van der Waals surface area contributed by atoms with Crippen molar-refractivity contribution in [3.05, 3.63) is 22.4 Å². The van der Waals surface area contributed by atoms with Gasteiger partial charge in [-0.1, -0.05) is 6.92 Å². The maximum Gasteiger partial charge on any atom is 0.319 e. The van der Waals surface area contributed by atoms with E-state index in [1.807, 2.05) is 6.92 Å². The van der Waals surface area contributed by atoms with E-state index in [2.05, 4.69) is 21.2 Å². The van der Waals surface area contributed by atoms with E-state index in [1.165, 1.54) is 23.9 Å². The average molecular weight is 392 g/mol. The normalized spacial score (nSPS) is 11.9. The molecule has 0 bridgehead atoms. The minimum atomic E-state index is -0.524. The lowest BCUT2D eigenvalue weighted by molar-refractivity contribution is -0.142. The molecule has 0 radical (unpaired) electrons. The van der Waals surface area contributed by atoms with E-state index in [9.17, 15) is 14.0 Å². The van der Waals surface area contributed by atoms with Crippen LogP contribution in [0.4, 0.5) is 10.1 Å². The average Bonchev–Trinajstić information content (AvgIpc) is 2.44. The first-order valence-electron chi connectivity index (χ1n) is 7.01. The molecule has 0 aromatic heterocycles. The molecule has 1 amide bonds. The number of thioether (sulfide) groups is 1. The highest BCUT2D eigenvalue weighted by Gasteiger charge is 2.19. The first-order valence-corrected chi connectivity index (χ1v) is 8.68. The molecule has 1 N–H and O–H groups in total. The van der Waals surface area contributed by atoms with E-state index in [-0.39, 0.29) is 17.6 Å². The van der Waals surface area contributed by atoms with E-state index < -0.39 is 11.1 Å². The Morgan fingerprint density at radius 3 is 2.68 bits per heavy atom. The Morgan fingerprint density at radius 2 is 2.09 bits per heavy atom. The van der Waals surface area contributed by atoms with Crippen LogP contribution in [-0.2, 0) is 14.3 Å². The molecular weight excluding hydrogens is 373 g/mol. The lowest BCUT2D eigenvalue weighted by Crippen LogP contribution is -2.17. The predicted octanol–water partition coefficient (Wildman–Crippen LogP) is 4.37. The van der Waals surface area contributed by atoms with Gasteiger partial charge in [0.15, 0.2) is 0 Å². The molecule has 0 spiro atoms. The van der Waals surface area contributed by atoms with Crippen LogP contribution < -0.4 is 5.32 Å². The van der Waals surface area contributed by atoms with Crippen LogP contribution in [0.2, 0.25) is 0 Å². The van der Waals surface area contributed by atoms with Gasteiger partial charge in [0.2, 0.25) is 5.91 Å². The number of hydrogen-bond acceptors (Lipinski definition) is 4. The second-order valence-corrected chi connectivity index (χ2v) is 6.81. The zero-order valence-corrected chi connectivity index (χ0v) is 15.1. The third kappa shape index (κ3) is 5.61. The third-order valence-corrected chi connectivity index (χ3v) is 4.75. The minimum Gasteiger partial charge on any atom is -0.465 e. The van der Waals surface area contributed by atoms with E-state index in [0.29, 0.717) is 28.8 Å². The van der Waals surface area contributed by atoms with Crippen LogP contribution in [0.1, 0.15) is 33.6 Å². The zero-order chi connectivity index (χ0) is 16.7. The lowest BCUT2D eigenvalue weighted by Gasteiger charge is -2.13. The van der Waals surface area contributed by atoms with Crippen LogP contribution in [0.25, 0.3) is 0 Å². The molecular formula is C15H19BrFNO3S. The summed E-state index contributed by atoms with van der Waals surface area (Å²) in [5, 5.41) is 2.11. The molecule has 0 heterocycles. The Kier molecular flexibility index (Phi) is 7.89. The maximum absolute atomic E-state index is 13.9. The predicted molar refractivity (Wildman–Crippen MR) is 89.6 cm³/mol. The summed E-state index contributed by atoms with van der Waals surface area (Å²) >= 11 is 4.51. The number of carbonyl (C=O) groups excluding carboxylic acids is 2. The first-order chi connectivity index (χ1) is 10.4. The number of esters is 1. The van der Waals surface area contributed by atoms with Crippen LogP contribution >= 0.6 is 27.7 Å². The van der Waals surface area contributed by atoms with Crippen molar-refractivity contribution in [3.8, 4) is 0 Å². The summed E-state index contributed by atoms with van der Waals surface area (Å²) in [7, 11) is 0. The smallest absolute Gasteiger partial charge is 0.319 e. The largest absolute Gasteiger partial charge is 0.465 e. The van der Waals surface area contributed by atoms with Gasteiger partial charge in [-0.3, -0.25) is 9.59 Å². The number of halogens is 2. The van der Waals surface area contributed by atoms with Gasteiger partial charge >= 0.3 is 5.97 Å². The summed E-state index contributed by atoms with van der Waals surface area (Å²) in [6.07, 6.45) is 1.02. The van der Waals surface area contributed by atoms with Crippen LogP contribution in [0.15, 0.2) is 21.5 Å². The number of rotatable bonds is 7. The molecule has 122 valence electrons. The molecule has 22 heavy (non-hydrogen) atoms. The number of anilines is 1. The highest BCUT2D eigenvalue weighted by atomic mass is 79.9. The second-order valence-electron chi connectivity index (χ2n) is 4.57. The molecule has 7 heteroatoms. The third-order valence-electron chi connectivity index (χ3n) is 2.69. The molecule has 0 aliphatic heterocycles. The summed E-state index contributed by atoms with van der Waals surface area (Å²) in [6, 6.07) is 2.80. The summed E-state index contributed by atoms with van der Waals surface area (Å²) in [5.74, 6) is -1.09. The maximum atomic E-state index is 13.9. The van der Waals surface area contributed by atoms with Gasteiger partial charge in [-0.2, -0.15) is 0 Å².